The number of rotatable bonds is 1. The summed E-state index contributed by atoms with van der Waals surface area (Å²) in [5.41, 5.74) is 1.64. The van der Waals surface area contributed by atoms with E-state index in [1.165, 1.54) is 25.7 Å². The molecule has 0 aromatic heterocycles. The van der Waals surface area contributed by atoms with Crippen LogP contribution >= 0.6 is 0 Å². The normalized spacial score (nSPS) is 40.6. The topological polar surface area (TPSA) is 0 Å². The van der Waals surface area contributed by atoms with E-state index >= 15 is 0 Å². The van der Waals surface area contributed by atoms with E-state index in [0.717, 1.165) is 23.7 Å². The highest BCUT2D eigenvalue weighted by Crippen LogP contribution is 2.41. The fourth-order valence-electron chi connectivity index (χ4n) is 3.43. The van der Waals surface area contributed by atoms with Gasteiger partial charge in [-0.05, 0) is 42.1 Å². The van der Waals surface area contributed by atoms with Gasteiger partial charge in [0.1, 0.15) is 0 Å². The third kappa shape index (κ3) is 2.19. The van der Waals surface area contributed by atoms with E-state index in [1.54, 1.807) is 5.57 Å². The minimum atomic E-state index is 0.783. The van der Waals surface area contributed by atoms with Crippen LogP contribution in [0.1, 0.15) is 46.5 Å². The Morgan fingerprint density at radius 1 is 1.27 bits per heavy atom. The monoisotopic (exact) mass is 204 g/mol. The van der Waals surface area contributed by atoms with Crippen LogP contribution in [0.15, 0.2) is 23.8 Å². The van der Waals surface area contributed by atoms with Crippen molar-refractivity contribution in [1.82, 2.24) is 0 Å². The first kappa shape index (κ1) is 11.0. The predicted molar refractivity (Wildman–Crippen MR) is 66.7 cm³/mol. The van der Waals surface area contributed by atoms with Gasteiger partial charge in [-0.15, -0.1) is 0 Å². The van der Waals surface area contributed by atoms with Gasteiger partial charge in [-0.25, -0.2) is 0 Å². The number of hydrogen-bond donors (Lipinski definition) is 0. The summed E-state index contributed by atoms with van der Waals surface area (Å²) in [4.78, 5) is 0. The Labute approximate surface area is 94.5 Å². The molecule has 3 unspecified atom stereocenters. The Morgan fingerprint density at radius 3 is 2.80 bits per heavy atom. The molecule has 0 saturated carbocycles. The Hall–Kier alpha value is -0.520. The van der Waals surface area contributed by atoms with Gasteiger partial charge in [0.2, 0.25) is 0 Å². The lowest BCUT2D eigenvalue weighted by Gasteiger charge is -2.34. The minimum Gasteiger partial charge on any atom is -0.0811 e. The lowest BCUT2D eigenvalue weighted by molar-refractivity contribution is 0.276. The van der Waals surface area contributed by atoms with Crippen LogP contribution in [-0.4, -0.2) is 0 Å². The largest absolute Gasteiger partial charge is 0.0811 e. The van der Waals surface area contributed by atoms with E-state index in [4.69, 9.17) is 0 Å². The highest BCUT2D eigenvalue weighted by atomic mass is 14.3. The maximum absolute atomic E-state index is 2.53. The zero-order valence-corrected chi connectivity index (χ0v) is 10.4. The first-order valence-corrected chi connectivity index (χ1v) is 6.62. The van der Waals surface area contributed by atoms with Crippen LogP contribution in [0.3, 0.4) is 0 Å². The van der Waals surface area contributed by atoms with Crippen molar-refractivity contribution in [2.75, 3.05) is 0 Å². The fraction of sp³-hybridized carbons (Fsp3) is 0.733. The van der Waals surface area contributed by atoms with Gasteiger partial charge < -0.3 is 0 Å². The van der Waals surface area contributed by atoms with Gasteiger partial charge >= 0.3 is 0 Å². The van der Waals surface area contributed by atoms with Gasteiger partial charge in [-0.2, -0.15) is 0 Å². The second-order valence-corrected chi connectivity index (χ2v) is 5.47. The Morgan fingerprint density at radius 2 is 2.07 bits per heavy atom. The van der Waals surface area contributed by atoms with Crippen molar-refractivity contribution in [3.05, 3.63) is 23.8 Å². The highest BCUT2D eigenvalue weighted by molar-refractivity contribution is 5.28. The summed E-state index contributed by atoms with van der Waals surface area (Å²) in [6, 6.07) is 0. The first-order chi connectivity index (χ1) is 7.22. The van der Waals surface area contributed by atoms with Crippen molar-refractivity contribution in [2.45, 2.75) is 46.5 Å². The van der Waals surface area contributed by atoms with E-state index in [9.17, 15) is 0 Å². The summed E-state index contributed by atoms with van der Waals surface area (Å²) in [6.45, 7) is 7.10. The van der Waals surface area contributed by atoms with E-state index in [1.807, 2.05) is 0 Å². The average Bonchev–Trinajstić information content (AvgIpc) is 2.39. The number of allylic oxidation sites excluding steroid dienone is 4. The van der Waals surface area contributed by atoms with Crippen molar-refractivity contribution in [1.29, 1.82) is 0 Å². The summed E-state index contributed by atoms with van der Waals surface area (Å²) in [5, 5.41) is 0. The third-order valence-corrected chi connectivity index (χ3v) is 4.34. The van der Waals surface area contributed by atoms with Crippen LogP contribution in [0.4, 0.5) is 0 Å². The molecule has 84 valence electrons. The van der Waals surface area contributed by atoms with Gasteiger partial charge in [-0.3, -0.25) is 0 Å². The molecule has 0 aromatic carbocycles. The summed E-state index contributed by atoms with van der Waals surface area (Å²) >= 11 is 0. The molecule has 0 saturated heterocycles. The van der Waals surface area contributed by atoms with Crippen LogP contribution in [0.2, 0.25) is 0 Å². The molecule has 0 radical (unpaired) electrons. The molecular formula is C15H24. The Balaban J connectivity index is 2.27. The Bertz CT molecular complexity index is 272. The molecule has 0 spiro atoms. The zero-order valence-electron chi connectivity index (χ0n) is 10.4. The molecule has 0 heteroatoms. The van der Waals surface area contributed by atoms with Crippen LogP contribution in [0, 0.1) is 23.7 Å². The second-order valence-electron chi connectivity index (χ2n) is 5.47. The summed E-state index contributed by atoms with van der Waals surface area (Å²) in [6.07, 6.45) is 12.9. The maximum atomic E-state index is 2.53. The number of fused-ring (bicyclic) bond motifs is 1. The first-order valence-electron chi connectivity index (χ1n) is 6.62. The Kier molecular flexibility index (Phi) is 3.33. The van der Waals surface area contributed by atoms with Gasteiger partial charge in [0, 0.05) is 0 Å². The van der Waals surface area contributed by atoms with E-state index in [2.05, 4.69) is 39.0 Å². The van der Waals surface area contributed by atoms with E-state index in [0.29, 0.717) is 0 Å². The quantitative estimate of drug-likeness (QED) is 0.586. The number of hydrogen-bond acceptors (Lipinski definition) is 0. The smallest absolute Gasteiger partial charge is 0.0131 e. The molecule has 0 bridgehead atoms. The molecule has 0 aliphatic heterocycles. The second kappa shape index (κ2) is 4.55. The molecule has 2 aliphatic rings. The standard InChI is InChI=1S/C15H24/c1-4-14-12(3)8-9-13-10-11(2)6-5-7-15(13)14/h8-12,14-15H,4-7H2,1-3H3/t11-,12?,14?,15?/m1/s1. The fourth-order valence-corrected chi connectivity index (χ4v) is 3.43. The lowest BCUT2D eigenvalue weighted by atomic mass is 9.71. The predicted octanol–water partition coefficient (Wildman–Crippen LogP) is 4.58. The van der Waals surface area contributed by atoms with Crippen LogP contribution < -0.4 is 0 Å². The van der Waals surface area contributed by atoms with Gasteiger partial charge in [0.05, 0.1) is 0 Å². The lowest BCUT2D eigenvalue weighted by Crippen LogP contribution is -2.24. The molecule has 0 amide bonds. The summed E-state index contributed by atoms with van der Waals surface area (Å²) in [5.74, 6) is 3.33. The molecule has 2 aliphatic carbocycles. The third-order valence-electron chi connectivity index (χ3n) is 4.34. The molecule has 0 fully saturated rings. The SMILES string of the molecule is CCC1C(C)C=CC2=C[C@H](C)CCCC21. The van der Waals surface area contributed by atoms with Gasteiger partial charge in [-0.1, -0.05) is 51.8 Å². The van der Waals surface area contributed by atoms with Crippen molar-refractivity contribution in [2.24, 2.45) is 23.7 Å². The average molecular weight is 204 g/mol. The molecule has 2 rings (SSSR count). The van der Waals surface area contributed by atoms with Crippen LogP contribution in [0.25, 0.3) is 0 Å². The molecule has 4 atom stereocenters. The van der Waals surface area contributed by atoms with Gasteiger partial charge in [0.15, 0.2) is 0 Å². The van der Waals surface area contributed by atoms with Crippen molar-refractivity contribution < 1.29 is 0 Å². The highest BCUT2D eigenvalue weighted by Gasteiger charge is 2.30. The maximum Gasteiger partial charge on any atom is -0.0131 e. The van der Waals surface area contributed by atoms with Crippen molar-refractivity contribution >= 4 is 0 Å². The molecule has 15 heavy (non-hydrogen) atoms. The molecule has 0 nitrogen and oxygen atoms in total. The van der Waals surface area contributed by atoms with Gasteiger partial charge in [0.25, 0.3) is 0 Å². The molecular weight excluding hydrogens is 180 g/mol. The molecule has 0 N–H and O–H groups in total. The van der Waals surface area contributed by atoms with Crippen molar-refractivity contribution in [3.8, 4) is 0 Å². The zero-order chi connectivity index (χ0) is 10.8. The van der Waals surface area contributed by atoms with Crippen LogP contribution in [-0.2, 0) is 0 Å². The molecule has 0 aromatic rings. The van der Waals surface area contributed by atoms with E-state index in [-0.39, 0.29) is 0 Å². The summed E-state index contributed by atoms with van der Waals surface area (Å²) in [7, 11) is 0. The minimum absolute atomic E-state index is 0.783. The summed E-state index contributed by atoms with van der Waals surface area (Å²) < 4.78 is 0. The van der Waals surface area contributed by atoms with E-state index < -0.39 is 0 Å². The van der Waals surface area contributed by atoms with Crippen LogP contribution in [0.5, 0.6) is 0 Å². The molecule has 0 heterocycles. The van der Waals surface area contributed by atoms with Crippen molar-refractivity contribution in [3.63, 3.8) is 0 Å².